The highest BCUT2D eigenvalue weighted by Gasteiger charge is 2.30. The molecule has 2 heterocycles. The minimum atomic E-state index is -0.576. The fraction of sp³-hybridized carbons (Fsp3) is 0.320. The summed E-state index contributed by atoms with van der Waals surface area (Å²) in [5, 5.41) is 0. The number of ether oxygens (including phenoxy) is 2. The van der Waals surface area contributed by atoms with E-state index in [4.69, 9.17) is 20.2 Å². The summed E-state index contributed by atoms with van der Waals surface area (Å²) in [6, 6.07) is 12.9. The van der Waals surface area contributed by atoms with Crippen molar-refractivity contribution in [3.05, 3.63) is 65.1 Å². The van der Waals surface area contributed by atoms with Crippen LogP contribution in [0.1, 0.15) is 51.0 Å². The molecule has 0 bridgehead atoms. The molecule has 1 aliphatic rings. The largest absolute Gasteiger partial charge is 0.497 e. The molecule has 0 radical (unpaired) electrons. The van der Waals surface area contributed by atoms with Gasteiger partial charge in [-0.2, -0.15) is 0 Å². The average molecular weight is 449 g/mol. The zero-order valence-corrected chi connectivity index (χ0v) is 19.1. The molecule has 0 saturated carbocycles. The standard InChI is InChI=1S/C25H28N4O4/c1-15-6-4-8-19(22(15)33-3)25(31)29-13-5-7-17(14-29)24-27-20(21(28-24)23(26)30)16-9-11-18(32-2)12-10-16/h4,6,8-12,17H,5,7,13-14H2,1-3H3,(H2,26,30)(H,27,28)/t17-/m1/s1. The molecule has 1 aromatic heterocycles. The van der Waals surface area contributed by atoms with E-state index in [9.17, 15) is 9.59 Å². The number of aromatic nitrogens is 2. The second kappa shape index (κ2) is 9.36. The first-order valence-corrected chi connectivity index (χ1v) is 10.9. The third kappa shape index (κ3) is 4.41. The topological polar surface area (TPSA) is 111 Å². The molecular formula is C25H28N4O4. The van der Waals surface area contributed by atoms with Gasteiger partial charge in [-0.05, 0) is 55.7 Å². The molecule has 0 aliphatic carbocycles. The first kappa shape index (κ1) is 22.4. The Hall–Kier alpha value is -3.81. The molecule has 3 aromatic rings. The molecule has 1 aliphatic heterocycles. The third-order valence-electron chi connectivity index (χ3n) is 6.07. The maximum atomic E-state index is 13.3. The number of amides is 2. The molecule has 2 amide bonds. The SMILES string of the molecule is COc1ccc(-c2nc([C@@H]3CCCN(C(=O)c4cccc(C)c4OC)C3)[nH]c2C(N)=O)cc1. The van der Waals surface area contributed by atoms with Gasteiger partial charge in [0.25, 0.3) is 11.8 Å². The monoisotopic (exact) mass is 448 g/mol. The Morgan fingerprint density at radius 2 is 1.88 bits per heavy atom. The summed E-state index contributed by atoms with van der Waals surface area (Å²) >= 11 is 0. The highest BCUT2D eigenvalue weighted by atomic mass is 16.5. The number of methoxy groups -OCH3 is 2. The molecule has 8 heteroatoms. The lowest BCUT2D eigenvalue weighted by Crippen LogP contribution is -2.39. The van der Waals surface area contributed by atoms with Crippen molar-refractivity contribution in [1.82, 2.24) is 14.9 Å². The van der Waals surface area contributed by atoms with Gasteiger partial charge in [-0.15, -0.1) is 0 Å². The normalized spacial score (nSPS) is 15.8. The molecule has 172 valence electrons. The van der Waals surface area contributed by atoms with E-state index in [1.54, 1.807) is 20.3 Å². The molecule has 8 nitrogen and oxygen atoms in total. The number of hydrogen-bond donors (Lipinski definition) is 2. The van der Waals surface area contributed by atoms with E-state index in [1.165, 1.54) is 0 Å². The third-order valence-corrected chi connectivity index (χ3v) is 6.07. The van der Waals surface area contributed by atoms with Gasteiger partial charge in [0.2, 0.25) is 0 Å². The van der Waals surface area contributed by atoms with Crippen molar-refractivity contribution in [2.75, 3.05) is 27.3 Å². The van der Waals surface area contributed by atoms with Crippen molar-refractivity contribution in [2.45, 2.75) is 25.7 Å². The molecule has 1 saturated heterocycles. The highest BCUT2D eigenvalue weighted by Crippen LogP contribution is 2.32. The number of primary amides is 1. The lowest BCUT2D eigenvalue weighted by molar-refractivity contribution is 0.0700. The molecule has 1 fully saturated rings. The van der Waals surface area contributed by atoms with Crippen LogP contribution in [0, 0.1) is 6.92 Å². The number of nitrogens with two attached hydrogens (primary N) is 1. The Morgan fingerprint density at radius 1 is 1.12 bits per heavy atom. The Balaban J connectivity index is 1.61. The van der Waals surface area contributed by atoms with Crippen LogP contribution in [0.15, 0.2) is 42.5 Å². The van der Waals surface area contributed by atoms with Crippen LogP contribution in [0.25, 0.3) is 11.3 Å². The van der Waals surface area contributed by atoms with Crippen molar-refractivity contribution < 1.29 is 19.1 Å². The van der Waals surface area contributed by atoms with E-state index in [0.717, 1.165) is 24.0 Å². The minimum absolute atomic E-state index is 0.0383. The first-order chi connectivity index (χ1) is 15.9. The van der Waals surface area contributed by atoms with Gasteiger partial charge >= 0.3 is 0 Å². The number of imidazole rings is 1. The number of carbonyl (C=O) groups excluding carboxylic acids is 2. The van der Waals surface area contributed by atoms with Crippen LogP contribution in [0.5, 0.6) is 11.5 Å². The van der Waals surface area contributed by atoms with E-state index in [-0.39, 0.29) is 17.5 Å². The van der Waals surface area contributed by atoms with Gasteiger partial charge in [0, 0.05) is 24.6 Å². The lowest BCUT2D eigenvalue weighted by Gasteiger charge is -2.32. The zero-order chi connectivity index (χ0) is 23.5. The number of nitrogens with one attached hydrogen (secondary N) is 1. The Morgan fingerprint density at radius 3 is 2.55 bits per heavy atom. The van der Waals surface area contributed by atoms with Gasteiger partial charge < -0.3 is 25.1 Å². The number of benzene rings is 2. The summed E-state index contributed by atoms with van der Waals surface area (Å²) in [6.07, 6.45) is 1.68. The van der Waals surface area contributed by atoms with Crippen LogP contribution in [-0.4, -0.2) is 54.0 Å². The smallest absolute Gasteiger partial charge is 0.267 e. The van der Waals surface area contributed by atoms with Crippen molar-refractivity contribution in [3.8, 4) is 22.8 Å². The van der Waals surface area contributed by atoms with E-state index in [1.807, 2.05) is 48.2 Å². The molecular weight excluding hydrogens is 420 g/mol. The number of rotatable bonds is 6. The first-order valence-electron chi connectivity index (χ1n) is 10.9. The zero-order valence-electron chi connectivity index (χ0n) is 19.1. The van der Waals surface area contributed by atoms with E-state index in [0.29, 0.717) is 41.7 Å². The quantitative estimate of drug-likeness (QED) is 0.599. The van der Waals surface area contributed by atoms with Crippen LogP contribution in [0.4, 0.5) is 0 Å². The van der Waals surface area contributed by atoms with Gasteiger partial charge in [0.1, 0.15) is 28.7 Å². The number of para-hydroxylation sites is 1. The number of hydrogen-bond acceptors (Lipinski definition) is 5. The van der Waals surface area contributed by atoms with E-state index < -0.39 is 5.91 Å². The number of aromatic amines is 1. The van der Waals surface area contributed by atoms with Crippen LogP contribution in [-0.2, 0) is 0 Å². The van der Waals surface area contributed by atoms with Gasteiger partial charge in [-0.1, -0.05) is 12.1 Å². The number of likely N-dealkylation sites (tertiary alicyclic amines) is 1. The van der Waals surface area contributed by atoms with Crippen molar-refractivity contribution in [3.63, 3.8) is 0 Å². The summed E-state index contributed by atoms with van der Waals surface area (Å²) in [5.41, 5.74) is 8.63. The summed E-state index contributed by atoms with van der Waals surface area (Å²) in [7, 11) is 3.17. The molecule has 4 rings (SSSR count). The second-order valence-electron chi connectivity index (χ2n) is 8.18. The highest BCUT2D eigenvalue weighted by molar-refractivity contribution is 5.98. The van der Waals surface area contributed by atoms with Crippen molar-refractivity contribution in [2.24, 2.45) is 5.73 Å². The van der Waals surface area contributed by atoms with Crippen molar-refractivity contribution in [1.29, 1.82) is 0 Å². The van der Waals surface area contributed by atoms with Gasteiger partial charge in [-0.3, -0.25) is 9.59 Å². The fourth-order valence-electron chi connectivity index (χ4n) is 4.37. The van der Waals surface area contributed by atoms with Crippen molar-refractivity contribution >= 4 is 11.8 Å². The van der Waals surface area contributed by atoms with Crippen LogP contribution in [0.3, 0.4) is 0 Å². The molecule has 0 spiro atoms. The number of H-pyrrole nitrogens is 1. The Kier molecular flexibility index (Phi) is 6.35. The van der Waals surface area contributed by atoms with E-state index >= 15 is 0 Å². The number of carbonyl (C=O) groups is 2. The lowest BCUT2D eigenvalue weighted by atomic mass is 9.96. The fourth-order valence-corrected chi connectivity index (χ4v) is 4.37. The van der Waals surface area contributed by atoms with Gasteiger partial charge in [-0.25, -0.2) is 4.98 Å². The molecule has 3 N–H and O–H groups in total. The number of aryl methyl sites for hydroxylation is 1. The number of piperidine rings is 1. The second-order valence-corrected chi connectivity index (χ2v) is 8.18. The molecule has 0 unspecified atom stereocenters. The molecule has 33 heavy (non-hydrogen) atoms. The summed E-state index contributed by atoms with van der Waals surface area (Å²) in [6.45, 7) is 3.06. The Labute approximate surface area is 192 Å². The predicted molar refractivity (Wildman–Crippen MR) is 125 cm³/mol. The average Bonchev–Trinajstić information content (AvgIpc) is 3.29. The van der Waals surface area contributed by atoms with Gasteiger partial charge in [0.15, 0.2) is 0 Å². The minimum Gasteiger partial charge on any atom is -0.497 e. The number of nitrogens with zero attached hydrogens (tertiary/aromatic N) is 2. The maximum absolute atomic E-state index is 13.3. The summed E-state index contributed by atoms with van der Waals surface area (Å²) in [5.74, 6) is 1.28. The molecule has 1 atom stereocenters. The summed E-state index contributed by atoms with van der Waals surface area (Å²) in [4.78, 5) is 35.1. The Bertz CT molecular complexity index is 1170. The maximum Gasteiger partial charge on any atom is 0.267 e. The van der Waals surface area contributed by atoms with Gasteiger partial charge in [0.05, 0.1) is 19.8 Å². The van der Waals surface area contributed by atoms with Crippen LogP contribution >= 0.6 is 0 Å². The van der Waals surface area contributed by atoms with E-state index in [2.05, 4.69) is 4.98 Å². The summed E-state index contributed by atoms with van der Waals surface area (Å²) < 4.78 is 10.7. The van der Waals surface area contributed by atoms with Crippen LogP contribution in [0.2, 0.25) is 0 Å². The van der Waals surface area contributed by atoms with Crippen LogP contribution < -0.4 is 15.2 Å². The predicted octanol–water partition coefficient (Wildman–Crippen LogP) is 3.52. The molecule has 2 aromatic carbocycles.